The molecule has 0 saturated carbocycles. The summed E-state index contributed by atoms with van der Waals surface area (Å²) in [4.78, 5) is 2.16. The van der Waals surface area contributed by atoms with Gasteiger partial charge in [0.1, 0.15) is 17.1 Å². The first-order valence-corrected chi connectivity index (χ1v) is 7.78. The van der Waals surface area contributed by atoms with Crippen molar-refractivity contribution >= 4 is 10.8 Å². The largest absolute Gasteiger partial charge is 0.496 e. The molecule has 5 nitrogen and oxygen atoms in total. The van der Waals surface area contributed by atoms with E-state index in [1.165, 1.54) is 0 Å². The van der Waals surface area contributed by atoms with Crippen LogP contribution in [-0.2, 0) is 6.54 Å². The van der Waals surface area contributed by atoms with Crippen LogP contribution in [0.4, 0.5) is 0 Å². The molecule has 5 heteroatoms. The number of likely N-dealkylation sites (tertiary alicyclic amines) is 1. The molecular formula is C18H23NO4. The lowest BCUT2D eigenvalue weighted by Gasteiger charge is -2.22. The first kappa shape index (κ1) is 16.1. The summed E-state index contributed by atoms with van der Waals surface area (Å²) in [6, 6.07) is 9.92. The van der Waals surface area contributed by atoms with Crippen molar-refractivity contribution in [3.05, 3.63) is 35.9 Å². The van der Waals surface area contributed by atoms with Crippen molar-refractivity contribution in [1.82, 2.24) is 4.90 Å². The van der Waals surface area contributed by atoms with Gasteiger partial charge in [-0.05, 0) is 24.1 Å². The lowest BCUT2D eigenvalue weighted by Crippen LogP contribution is -2.36. The Balaban J connectivity index is 1.98. The van der Waals surface area contributed by atoms with E-state index in [2.05, 4.69) is 4.90 Å². The van der Waals surface area contributed by atoms with E-state index < -0.39 is 5.60 Å². The highest BCUT2D eigenvalue weighted by atomic mass is 16.5. The Morgan fingerprint density at radius 1 is 1.13 bits per heavy atom. The SMILES string of the molecule is COc1ccc(CN2CCC(O)(CO)C2)c2c(OC)cccc12. The highest BCUT2D eigenvalue weighted by molar-refractivity contribution is 5.95. The van der Waals surface area contributed by atoms with Gasteiger partial charge in [-0.25, -0.2) is 0 Å². The smallest absolute Gasteiger partial charge is 0.127 e. The minimum absolute atomic E-state index is 0.198. The first-order valence-electron chi connectivity index (χ1n) is 7.78. The summed E-state index contributed by atoms with van der Waals surface area (Å²) in [5, 5.41) is 21.6. The summed E-state index contributed by atoms with van der Waals surface area (Å²) in [7, 11) is 3.33. The second kappa shape index (κ2) is 6.35. The van der Waals surface area contributed by atoms with E-state index in [1.54, 1.807) is 14.2 Å². The van der Waals surface area contributed by atoms with Crippen LogP contribution in [0.5, 0.6) is 11.5 Å². The van der Waals surface area contributed by atoms with Crippen molar-refractivity contribution in [3.8, 4) is 11.5 Å². The number of aliphatic hydroxyl groups excluding tert-OH is 1. The average molecular weight is 317 g/mol. The first-order chi connectivity index (χ1) is 11.1. The van der Waals surface area contributed by atoms with Crippen LogP contribution in [0, 0.1) is 0 Å². The molecule has 1 atom stereocenters. The normalized spacial score (nSPS) is 21.7. The number of fused-ring (bicyclic) bond motifs is 1. The average Bonchev–Trinajstić information content (AvgIpc) is 2.96. The molecule has 1 unspecified atom stereocenters. The summed E-state index contributed by atoms with van der Waals surface area (Å²) in [6.07, 6.45) is 0.592. The molecule has 0 bridgehead atoms. The summed E-state index contributed by atoms with van der Waals surface area (Å²) in [6.45, 7) is 1.74. The summed E-state index contributed by atoms with van der Waals surface area (Å²) < 4.78 is 11.0. The minimum atomic E-state index is -0.980. The van der Waals surface area contributed by atoms with Crippen molar-refractivity contribution in [1.29, 1.82) is 0 Å². The van der Waals surface area contributed by atoms with Gasteiger partial charge in [0.2, 0.25) is 0 Å². The Hall–Kier alpha value is -1.82. The van der Waals surface area contributed by atoms with Gasteiger partial charge in [0, 0.05) is 30.4 Å². The molecule has 1 aliphatic rings. The molecule has 0 aliphatic carbocycles. The van der Waals surface area contributed by atoms with Crippen LogP contribution in [0.3, 0.4) is 0 Å². The molecule has 3 rings (SSSR count). The van der Waals surface area contributed by atoms with Gasteiger partial charge in [-0.3, -0.25) is 4.90 Å². The number of β-amino-alcohol motifs (C(OH)–C–C–N with tert-alkyl or cyclic N) is 1. The molecule has 1 saturated heterocycles. The molecule has 23 heavy (non-hydrogen) atoms. The Kier molecular flexibility index (Phi) is 4.43. The van der Waals surface area contributed by atoms with Crippen LogP contribution in [0.15, 0.2) is 30.3 Å². The maximum Gasteiger partial charge on any atom is 0.127 e. The molecular weight excluding hydrogens is 294 g/mol. The molecule has 2 N–H and O–H groups in total. The highest BCUT2D eigenvalue weighted by Crippen LogP contribution is 2.36. The lowest BCUT2D eigenvalue weighted by molar-refractivity contribution is -0.00578. The van der Waals surface area contributed by atoms with E-state index in [0.29, 0.717) is 19.5 Å². The van der Waals surface area contributed by atoms with Gasteiger partial charge in [0.25, 0.3) is 0 Å². The molecule has 2 aromatic carbocycles. The second-order valence-electron chi connectivity index (χ2n) is 6.15. The summed E-state index contributed by atoms with van der Waals surface area (Å²) in [5.41, 5.74) is 0.146. The molecule has 2 aromatic rings. The molecule has 0 spiro atoms. The zero-order chi connectivity index (χ0) is 16.4. The van der Waals surface area contributed by atoms with Gasteiger partial charge < -0.3 is 19.7 Å². The molecule has 0 aromatic heterocycles. The van der Waals surface area contributed by atoms with E-state index in [0.717, 1.165) is 34.4 Å². The van der Waals surface area contributed by atoms with Crippen LogP contribution in [0.1, 0.15) is 12.0 Å². The number of nitrogens with zero attached hydrogens (tertiary/aromatic N) is 1. The van der Waals surface area contributed by atoms with Crippen LogP contribution in [-0.4, -0.2) is 54.6 Å². The number of benzene rings is 2. The third-order valence-corrected chi connectivity index (χ3v) is 4.59. The van der Waals surface area contributed by atoms with Crippen molar-refractivity contribution in [2.45, 2.75) is 18.6 Å². The summed E-state index contributed by atoms with van der Waals surface area (Å²) in [5.74, 6) is 1.63. The van der Waals surface area contributed by atoms with E-state index in [9.17, 15) is 10.2 Å². The summed E-state index contributed by atoms with van der Waals surface area (Å²) >= 11 is 0. The number of aliphatic hydroxyl groups is 2. The molecule has 1 aliphatic heterocycles. The third-order valence-electron chi connectivity index (χ3n) is 4.59. The minimum Gasteiger partial charge on any atom is -0.496 e. The topological polar surface area (TPSA) is 62.2 Å². The van der Waals surface area contributed by atoms with Gasteiger partial charge in [0.15, 0.2) is 0 Å². The maximum absolute atomic E-state index is 10.2. The van der Waals surface area contributed by atoms with Gasteiger partial charge in [0.05, 0.1) is 20.8 Å². The molecule has 0 radical (unpaired) electrons. The van der Waals surface area contributed by atoms with E-state index in [-0.39, 0.29) is 6.61 Å². The van der Waals surface area contributed by atoms with Crippen LogP contribution < -0.4 is 9.47 Å². The lowest BCUT2D eigenvalue weighted by atomic mass is 10.0. The second-order valence-corrected chi connectivity index (χ2v) is 6.15. The third kappa shape index (κ3) is 3.00. The Morgan fingerprint density at radius 3 is 2.57 bits per heavy atom. The zero-order valence-corrected chi connectivity index (χ0v) is 13.6. The van der Waals surface area contributed by atoms with Gasteiger partial charge >= 0.3 is 0 Å². The quantitative estimate of drug-likeness (QED) is 0.880. The fraction of sp³-hybridized carbons (Fsp3) is 0.444. The van der Waals surface area contributed by atoms with E-state index >= 15 is 0 Å². The van der Waals surface area contributed by atoms with Crippen molar-refractivity contribution in [2.75, 3.05) is 33.9 Å². The maximum atomic E-state index is 10.2. The van der Waals surface area contributed by atoms with Gasteiger partial charge in [-0.15, -0.1) is 0 Å². The highest BCUT2D eigenvalue weighted by Gasteiger charge is 2.35. The number of hydrogen-bond donors (Lipinski definition) is 2. The van der Waals surface area contributed by atoms with Gasteiger partial charge in [-0.1, -0.05) is 18.2 Å². The molecule has 1 fully saturated rings. The van der Waals surface area contributed by atoms with Crippen LogP contribution >= 0.6 is 0 Å². The fourth-order valence-corrected chi connectivity index (χ4v) is 3.34. The monoisotopic (exact) mass is 317 g/mol. The number of methoxy groups -OCH3 is 2. The predicted molar refractivity (Wildman–Crippen MR) is 89.0 cm³/mol. The Labute approximate surface area is 136 Å². The van der Waals surface area contributed by atoms with E-state index in [1.807, 2.05) is 30.3 Å². The number of hydrogen-bond acceptors (Lipinski definition) is 5. The number of ether oxygens (including phenoxy) is 2. The molecule has 1 heterocycles. The van der Waals surface area contributed by atoms with Crippen LogP contribution in [0.2, 0.25) is 0 Å². The fourth-order valence-electron chi connectivity index (χ4n) is 3.34. The van der Waals surface area contributed by atoms with E-state index in [4.69, 9.17) is 9.47 Å². The van der Waals surface area contributed by atoms with Crippen LogP contribution in [0.25, 0.3) is 10.8 Å². The number of rotatable bonds is 5. The van der Waals surface area contributed by atoms with Crippen molar-refractivity contribution in [2.24, 2.45) is 0 Å². The van der Waals surface area contributed by atoms with Crippen molar-refractivity contribution in [3.63, 3.8) is 0 Å². The van der Waals surface area contributed by atoms with Gasteiger partial charge in [-0.2, -0.15) is 0 Å². The predicted octanol–water partition coefficient (Wildman–Crippen LogP) is 1.79. The Bertz CT molecular complexity index is 703. The Morgan fingerprint density at radius 2 is 1.91 bits per heavy atom. The zero-order valence-electron chi connectivity index (χ0n) is 13.6. The molecule has 124 valence electrons. The standard InChI is InChI=1S/C18H23NO4/c1-22-15-7-6-13(10-19-9-8-18(21,11-19)12-20)17-14(15)4-3-5-16(17)23-2/h3-7,20-21H,8-12H2,1-2H3. The van der Waals surface area contributed by atoms with Crippen molar-refractivity contribution < 1.29 is 19.7 Å². The molecule has 0 amide bonds.